The van der Waals surface area contributed by atoms with Crippen molar-refractivity contribution in [2.24, 2.45) is 0 Å². The van der Waals surface area contributed by atoms with E-state index in [1.807, 2.05) is 12.1 Å². The monoisotopic (exact) mass is 296 g/mol. The van der Waals surface area contributed by atoms with Crippen LogP contribution in [0.1, 0.15) is 10.5 Å². The molecule has 1 aromatic carbocycles. The Morgan fingerprint density at radius 1 is 1.53 bits per heavy atom. The Bertz CT molecular complexity index is 566. The van der Waals surface area contributed by atoms with Crippen LogP contribution in [0.2, 0.25) is 0 Å². The van der Waals surface area contributed by atoms with Crippen LogP contribution in [0.4, 0.5) is 0 Å². The summed E-state index contributed by atoms with van der Waals surface area (Å²) in [5.41, 5.74) is 0.713. The van der Waals surface area contributed by atoms with Gasteiger partial charge in [0.05, 0.1) is 17.3 Å². The van der Waals surface area contributed by atoms with E-state index in [4.69, 9.17) is 9.84 Å². The Balaban J connectivity index is 2.46. The maximum atomic E-state index is 10.9. The molecule has 0 bridgehead atoms. The summed E-state index contributed by atoms with van der Waals surface area (Å²) in [7, 11) is 1.57. The Hall–Kier alpha value is -1.82. The minimum Gasteiger partial charge on any atom is -0.497 e. The predicted molar refractivity (Wildman–Crippen MR) is 64.8 cm³/mol. The summed E-state index contributed by atoms with van der Waals surface area (Å²) in [5.74, 6) is -0.385. The molecule has 0 unspecified atom stereocenters. The van der Waals surface area contributed by atoms with Crippen molar-refractivity contribution in [2.45, 2.75) is 0 Å². The van der Waals surface area contributed by atoms with Crippen molar-refractivity contribution >= 4 is 21.9 Å². The molecule has 0 radical (unpaired) electrons. The molecule has 2 rings (SSSR count). The Morgan fingerprint density at radius 2 is 2.29 bits per heavy atom. The lowest BCUT2D eigenvalue weighted by molar-refractivity contribution is 0.0689. The maximum Gasteiger partial charge on any atom is 0.357 e. The summed E-state index contributed by atoms with van der Waals surface area (Å²) in [5, 5.41) is 12.9. The zero-order valence-electron chi connectivity index (χ0n) is 8.92. The number of carboxylic acid groups (broad SMARTS) is 1. The van der Waals surface area contributed by atoms with Crippen LogP contribution in [0, 0.1) is 0 Å². The summed E-state index contributed by atoms with van der Waals surface area (Å²) < 4.78 is 7.01. The highest BCUT2D eigenvalue weighted by atomic mass is 79.9. The van der Waals surface area contributed by atoms with E-state index < -0.39 is 5.97 Å². The molecule has 17 heavy (non-hydrogen) atoms. The van der Waals surface area contributed by atoms with Crippen molar-refractivity contribution in [2.75, 3.05) is 7.11 Å². The van der Waals surface area contributed by atoms with Gasteiger partial charge in [0.15, 0.2) is 5.69 Å². The number of aromatic nitrogens is 2. The molecule has 0 aliphatic rings. The SMILES string of the molecule is COc1cccc(-n2cc(Br)c(C(=O)O)n2)c1. The third kappa shape index (κ3) is 2.31. The largest absolute Gasteiger partial charge is 0.497 e. The van der Waals surface area contributed by atoms with Crippen molar-refractivity contribution in [3.8, 4) is 11.4 Å². The highest BCUT2D eigenvalue weighted by Gasteiger charge is 2.14. The molecule has 1 heterocycles. The summed E-state index contributed by atoms with van der Waals surface area (Å²) >= 11 is 3.16. The van der Waals surface area contributed by atoms with Crippen LogP contribution in [-0.2, 0) is 0 Å². The zero-order valence-corrected chi connectivity index (χ0v) is 10.5. The minimum atomic E-state index is -1.07. The molecular weight excluding hydrogens is 288 g/mol. The number of hydrogen-bond donors (Lipinski definition) is 1. The Kier molecular flexibility index (Phi) is 3.14. The first-order valence-corrected chi connectivity index (χ1v) is 5.54. The number of rotatable bonds is 3. The fraction of sp³-hybridized carbons (Fsp3) is 0.0909. The molecule has 6 heteroatoms. The van der Waals surface area contributed by atoms with Crippen LogP contribution in [0.25, 0.3) is 5.69 Å². The van der Waals surface area contributed by atoms with E-state index in [9.17, 15) is 4.79 Å². The predicted octanol–water partition coefficient (Wildman–Crippen LogP) is 2.34. The number of nitrogens with zero attached hydrogens (tertiary/aromatic N) is 2. The standard InChI is InChI=1S/C11H9BrN2O3/c1-17-8-4-2-3-7(5-8)14-6-9(12)10(13-14)11(15)16/h2-6H,1H3,(H,15,16). The molecule has 0 aliphatic heterocycles. The number of methoxy groups -OCH3 is 1. The van der Waals surface area contributed by atoms with Crippen LogP contribution >= 0.6 is 15.9 Å². The van der Waals surface area contributed by atoms with Crippen LogP contribution in [-0.4, -0.2) is 28.0 Å². The minimum absolute atomic E-state index is 0.0205. The molecule has 5 nitrogen and oxygen atoms in total. The van der Waals surface area contributed by atoms with Gasteiger partial charge in [-0.15, -0.1) is 0 Å². The second-order valence-corrected chi connectivity index (χ2v) is 4.13. The van der Waals surface area contributed by atoms with E-state index in [0.29, 0.717) is 10.2 Å². The van der Waals surface area contributed by atoms with Gasteiger partial charge in [-0.2, -0.15) is 5.10 Å². The Labute approximate surface area is 106 Å². The molecule has 0 spiro atoms. The lowest BCUT2D eigenvalue weighted by Gasteiger charge is -2.03. The summed E-state index contributed by atoms with van der Waals surface area (Å²) in [6.07, 6.45) is 1.60. The first-order chi connectivity index (χ1) is 8.11. The molecule has 1 aromatic heterocycles. The van der Waals surface area contributed by atoms with Crippen molar-refractivity contribution in [1.29, 1.82) is 0 Å². The molecule has 0 saturated heterocycles. The van der Waals surface area contributed by atoms with Crippen LogP contribution in [0.5, 0.6) is 5.75 Å². The molecule has 1 N–H and O–H groups in total. The number of ether oxygens (including phenoxy) is 1. The average Bonchev–Trinajstić information content (AvgIpc) is 2.71. The van der Waals surface area contributed by atoms with Gasteiger partial charge < -0.3 is 9.84 Å². The van der Waals surface area contributed by atoms with Crippen molar-refractivity contribution < 1.29 is 14.6 Å². The van der Waals surface area contributed by atoms with Crippen LogP contribution in [0.15, 0.2) is 34.9 Å². The van der Waals surface area contributed by atoms with E-state index in [0.717, 1.165) is 5.69 Å². The van der Waals surface area contributed by atoms with Gasteiger partial charge in [0, 0.05) is 12.3 Å². The number of halogens is 1. The smallest absolute Gasteiger partial charge is 0.357 e. The van der Waals surface area contributed by atoms with Gasteiger partial charge in [0.25, 0.3) is 0 Å². The number of benzene rings is 1. The van der Waals surface area contributed by atoms with E-state index >= 15 is 0 Å². The summed E-state index contributed by atoms with van der Waals surface area (Å²) in [4.78, 5) is 10.9. The van der Waals surface area contributed by atoms with E-state index in [2.05, 4.69) is 21.0 Å². The lowest BCUT2D eigenvalue weighted by Crippen LogP contribution is -2.01. The second-order valence-electron chi connectivity index (χ2n) is 3.28. The Morgan fingerprint density at radius 3 is 2.88 bits per heavy atom. The average molecular weight is 297 g/mol. The first kappa shape index (κ1) is 11.7. The van der Waals surface area contributed by atoms with Gasteiger partial charge in [0.1, 0.15) is 5.75 Å². The van der Waals surface area contributed by atoms with Crippen molar-refractivity contribution in [3.63, 3.8) is 0 Å². The van der Waals surface area contributed by atoms with Crippen LogP contribution in [0.3, 0.4) is 0 Å². The second kappa shape index (κ2) is 4.58. The normalized spacial score (nSPS) is 10.2. The molecular formula is C11H9BrN2O3. The molecule has 0 fully saturated rings. The van der Waals surface area contributed by atoms with Crippen molar-refractivity contribution in [3.05, 3.63) is 40.6 Å². The van der Waals surface area contributed by atoms with Gasteiger partial charge >= 0.3 is 5.97 Å². The number of carbonyl (C=O) groups is 1. The van der Waals surface area contributed by atoms with Gasteiger partial charge in [0.2, 0.25) is 0 Å². The number of aromatic carboxylic acids is 1. The molecule has 0 amide bonds. The third-order valence-corrected chi connectivity index (χ3v) is 2.77. The van der Waals surface area contributed by atoms with E-state index in [1.165, 1.54) is 4.68 Å². The van der Waals surface area contributed by atoms with Gasteiger partial charge in [-0.05, 0) is 28.1 Å². The molecule has 88 valence electrons. The quantitative estimate of drug-likeness (QED) is 0.944. The van der Waals surface area contributed by atoms with Gasteiger partial charge in [-0.1, -0.05) is 6.07 Å². The summed E-state index contributed by atoms with van der Waals surface area (Å²) in [6, 6.07) is 7.20. The summed E-state index contributed by atoms with van der Waals surface area (Å²) in [6.45, 7) is 0. The molecule has 0 aliphatic carbocycles. The molecule has 0 saturated carbocycles. The fourth-order valence-electron chi connectivity index (χ4n) is 1.38. The number of hydrogen-bond acceptors (Lipinski definition) is 3. The maximum absolute atomic E-state index is 10.9. The topological polar surface area (TPSA) is 64.3 Å². The first-order valence-electron chi connectivity index (χ1n) is 4.74. The molecule has 2 aromatic rings. The lowest BCUT2D eigenvalue weighted by atomic mass is 10.3. The molecule has 0 atom stereocenters. The van der Waals surface area contributed by atoms with Gasteiger partial charge in [-0.25, -0.2) is 9.48 Å². The van der Waals surface area contributed by atoms with Gasteiger partial charge in [-0.3, -0.25) is 0 Å². The van der Waals surface area contributed by atoms with Crippen LogP contribution < -0.4 is 4.74 Å². The highest BCUT2D eigenvalue weighted by Crippen LogP contribution is 2.20. The zero-order chi connectivity index (χ0) is 12.4. The highest BCUT2D eigenvalue weighted by molar-refractivity contribution is 9.10. The van der Waals surface area contributed by atoms with E-state index in [-0.39, 0.29) is 5.69 Å². The van der Waals surface area contributed by atoms with E-state index in [1.54, 1.807) is 25.4 Å². The van der Waals surface area contributed by atoms with Crippen molar-refractivity contribution in [1.82, 2.24) is 9.78 Å². The fourth-order valence-corrected chi connectivity index (χ4v) is 1.83. The number of carboxylic acids is 1. The third-order valence-electron chi connectivity index (χ3n) is 2.19.